The molecule has 3 nitrogen and oxygen atoms in total. The van der Waals surface area contributed by atoms with E-state index >= 15 is 0 Å². The van der Waals surface area contributed by atoms with Gasteiger partial charge in [0.05, 0.1) is 6.61 Å². The quantitative estimate of drug-likeness (QED) is 0.512. The fraction of sp³-hybridized carbons (Fsp3) is 0.118. The van der Waals surface area contributed by atoms with Crippen LogP contribution in [0.3, 0.4) is 0 Å². The van der Waals surface area contributed by atoms with Gasteiger partial charge in [-0.2, -0.15) is 0 Å². The van der Waals surface area contributed by atoms with Gasteiger partial charge in [-0.25, -0.2) is 0 Å². The number of carbonyl (C=O) groups is 1. The van der Waals surface area contributed by atoms with Gasteiger partial charge in [0.1, 0.15) is 5.75 Å². The molecule has 0 amide bonds. The van der Waals surface area contributed by atoms with Gasteiger partial charge in [0, 0.05) is 16.8 Å². The molecule has 0 fully saturated rings. The van der Waals surface area contributed by atoms with Crippen molar-refractivity contribution in [2.75, 3.05) is 12.3 Å². The number of para-hydroxylation sites is 2. The molecule has 0 bridgehead atoms. The van der Waals surface area contributed by atoms with E-state index in [0.29, 0.717) is 17.9 Å². The van der Waals surface area contributed by atoms with Crippen LogP contribution in [0.2, 0.25) is 0 Å². The molecule has 0 aliphatic rings. The second kappa shape index (κ2) is 6.57. The summed E-state index contributed by atoms with van der Waals surface area (Å²) in [6.45, 7) is 2.51. The average molecular weight is 267 g/mol. The number of allylic oxidation sites excluding steroid dienone is 1. The van der Waals surface area contributed by atoms with Crippen molar-refractivity contribution < 1.29 is 9.53 Å². The van der Waals surface area contributed by atoms with Gasteiger partial charge in [0.15, 0.2) is 5.78 Å². The monoisotopic (exact) mass is 267 g/mol. The molecule has 3 heteroatoms. The minimum Gasteiger partial charge on any atom is -0.493 e. The highest BCUT2D eigenvalue weighted by Crippen LogP contribution is 2.20. The smallest absolute Gasteiger partial charge is 0.187 e. The zero-order chi connectivity index (χ0) is 14.4. The number of rotatable bonds is 5. The van der Waals surface area contributed by atoms with Crippen LogP contribution >= 0.6 is 0 Å². The average Bonchev–Trinajstić information content (AvgIpc) is 2.47. The van der Waals surface area contributed by atoms with Crippen LogP contribution < -0.4 is 10.5 Å². The minimum absolute atomic E-state index is 0.116. The summed E-state index contributed by atoms with van der Waals surface area (Å²) in [5.74, 6) is 0.648. The first-order chi connectivity index (χ1) is 9.72. The summed E-state index contributed by atoms with van der Waals surface area (Å²) in [6.07, 6.45) is 3.27. The maximum Gasteiger partial charge on any atom is 0.187 e. The number of ketones is 1. The lowest BCUT2D eigenvalue weighted by Crippen LogP contribution is -2.00. The summed E-state index contributed by atoms with van der Waals surface area (Å²) in [6, 6.07) is 14.6. The van der Waals surface area contributed by atoms with Gasteiger partial charge in [-0.1, -0.05) is 30.3 Å². The van der Waals surface area contributed by atoms with E-state index in [2.05, 4.69) is 0 Å². The zero-order valence-electron chi connectivity index (χ0n) is 11.4. The van der Waals surface area contributed by atoms with Crippen LogP contribution in [0, 0.1) is 0 Å². The maximum absolute atomic E-state index is 12.1. The lowest BCUT2D eigenvalue weighted by molar-refractivity contribution is 0.104. The third-order valence-corrected chi connectivity index (χ3v) is 2.86. The van der Waals surface area contributed by atoms with E-state index in [1.807, 2.05) is 31.2 Å². The van der Waals surface area contributed by atoms with Crippen LogP contribution in [0.1, 0.15) is 22.8 Å². The summed E-state index contributed by atoms with van der Waals surface area (Å²) in [5, 5.41) is 0. The summed E-state index contributed by atoms with van der Waals surface area (Å²) < 4.78 is 5.51. The van der Waals surface area contributed by atoms with Crippen molar-refractivity contribution in [2.24, 2.45) is 0 Å². The van der Waals surface area contributed by atoms with Gasteiger partial charge in [-0.05, 0) is 37.3 Å². The van der Waals surface area contributed by atoms with Crippen LogP contribution in [0.15, 0.2) is 54.6 Å². The van der Waals surface area contributed by atoms with E-state index in [4.69, 9.17) is 10.5 Å². The SMILES string of the molecule is CCOc1ccccc1C=CC(=O)c1ccccc1N. The summed E-state index contributed by atoms with van der Waals surface area (Å²) >= 11 is 0. The van der Waals surface area contributed by atoms with Crippen LogP contribution in [-0.2, 0) is 0 Å². The number of ether oxygens (including phenoxy) is 1. The first-order valence-corrected chi connectivity index (χ1v) is 6.51. The van der Waals surface area contributed by atoms with Gasteiger partial charge in [-0.15, -0.1) is 0 Å². The van der Waals surface area contributed by atoms with Crippen molar-refractivity contribution in [3.05, 3.63) is 65.7 Å². The molecule has 0 aliphatic carbocycles. The number of hydrogen-bond donors (Lipinski definition) is 1. The van der Waals surface area contributed by atoms with Crippen molar-refractivity contribution in [1.82, 2.24) is 0 Å². The first-order valence-electron chi connectivity index (χ1n) is 6.51. The van der Waals surface area contributed by atoms with E-state index in [0.717, 1.165) is 11.3 Å². The Morgan fingerprint density at radius 2 is 1.85 bits per heavy atom. The summed E-state index contributed by atoms with van der Waals surface area (Å²) in [5.41, 5.74) is 7.66. The van der Waals surface area contributed by atoms with Crippen LogP contribution in [0.4, 0.5) is 5.69 Å². The predicted molar refractivity (Wildman–Crippen MR) is 81.8 cm³/mol. The van der Waals surface area contributed by atoms with Gasteiger partial charge >= 0.3 is 0 Å². The molecule has 0 atom stereocenters. The van der Waals surface area contributed by atoms with Gasteiger partial charge in [-0.3, -0.25) is 4.79 Å². The predicted octanol–water partition coefficient (Wildman–Crippen LogP) is 3.56. The Morgan fingerprint density at radius 1 is 1.15 bits per heavy atom. The number of nitrogens with two attached hydrogens (primary N) is 1. The van der Waals surface area contributed by atoms with E-state index in [1.54, 1.807) is 30.3 Å². The Bertz CT molecular complexity index is 632. The number of nitrogen functional groups attached to an aromatic ring is 1. The molecule has 0 aliphatic heterocycles. The number of carbonyl (C=O) groups excluding carboxylic acids is 1. The topological polar surface area (TPSA) is 52.3 Å². The number of anilines is 1. The molecule has 2 rings (SSSR count). The van der Waals surface area contributed by atoms with Crippen molar-refractivity contribution in [3.8, 4) is 5.75 Å². The second-order valence-corrected chi connectivity index (χ2v) is 4.26. The molecule has 0 saturated carbocycles. The standard InChI is InChI=1S/C17H17NO2/c1-2-20-17-10-6-3-7-13(17)11-12-16(19)14-8-4-5-9-15(14)18/h3-12H,2,18H2,1H3. The molecule has 20 heavy (non-hydrogen) atoms. The Kier molecular flexibility index (Phi) is 4.56. The Morgan fingerprint density at radius 3 is 2.60 bits per heavy atom. The summed E-state index contributed by atoms with van der Waals surface area (Å²) in [4.78, 5) is 12.1. The third-order valence-electron chi connectivity index (χ3n) is 2.86. The van der Waals surface area contributed by atoms with E-state index in [9.17, 15) is 4.79 Å². The zero-order valence-corrected chi connectivity index (χ0v) is 11.4. The molecule has 2 aromatic rings. The molecule has 2 N–H and O–H groups in total. The first kappa shape index (κ1) is 13.9. The maximum atomic E-state index is 12.1. The second-order valence-electron chi connectivity index (χ2n) is 4.26. The molecular weight excluding hydrogens is 250 g/mol. The van der Waals surface area contributed by atoms with Crippen LogP contribution in [0.25, 0.3) is 6.08 Å². The molecule has 0 unspecified atom stereocenters. The van der Waals surface area contributed by atoms with Gasteiger partial charge in [0.2, 0.25) is 0 Å². The fourth-order valence-electron chi connectivity index (χ4n) is 1.88. The van der Waals surface area contributed by atoms with E-state index < -0.39 is 0 Å². The molecular formula is C17H17NO2. The Balaban J connectivity index is 2.22. The lowest BCUT2D eigenvalue weighted by Gasteiger charge is -2.06. The van der Waals surface area contributed by atoms with Crippen LogP contribution in [-0.4, -0.2) is 12.4 Å². The highest BCUT2D eigenvalue weighted by molar-refractivity contribution is 6.10. The Hall–Kier alpha value is -2.55. The van der Waals surface area contributed by atoms with Gasteiger partial charge < -0.3 is 10.5 Å². The summed E-state index contributed by atoms with van der Waals surface area (Å²) in [7, 11) is 0. The molecule has 0 spiro atoms. The van der Waals surface area contributed by atoms with Crippen molar-refractivity contribution in [3.63, 3.8) is 0 Å². The molecule has 2 aromatic carbocycles. The van der Waals surface area contributed by atoms with Crippen molar-refractivity contribution in [1.29, 1.82) is 0 Å². The highest BCUT2D eigenvalue weighted by Gasteiger charge is 2.05. The number of hydrogen-bond acceptors (Lipinski definition) is 3. The van der Waals surface area contributed by atoms with E-state index in [1.165, 1.54) is 6.08 Å². The van der Waals surface area contributed by atoms with E-state index in [-0.39, 0.29) is 5.78 Å². The third kappa shape index (κ3) is 3.26. The van der Waals surface area contributed by atoms with Gasteiger partial charge in [0.25, 0.3) is 0 Å². The molecule has 102 valence electrons. The normalized spacial score (nSPS) is 10.7. The largest absolute Gasteiger partial charge is 0.493 e. The Labute approximate surface area is 118 Å². The molecule has 0 aromatic heterocycles. The lowest BCUT2D eigenvalue weighted by atomic mass is 10.1. The minimum atomic E-state index is -0.116. The fourth-order valence-corrected chi connectivity index (χ4v) is 1.88. The van der Waals surface area contributed by atoms with Crippen LogP contribution in [0.5, 0.6) is 5.75 Å². The molecule has 0 saturated heterocycles. The molecule has 0 heterocycles. The van der Waals surface area contributed by atoms with Crippen molar-refractivity contribution in [2.45, 2.75) is 6.92 Å². The highest BCUT2D eigenvalue weighted by atomic mass is 16.5. The number of benzene rings is 2. The molecule has 0 radical (unpaired) electrons. The van der Waals surface area contributed by atoms with Crippen molar-refractivity contribution >= 4 is 17.5 Å².